The van der Waals surface area contributed by atoms with E-state index < -0.39 is 42.9 Å². The molecule has 9 heteroatoms. The first-order valence-electron chi connectivity index (χ1n) is 5.88. The summed E-state index contributed by atoms with van der Waals surface area (Å²) >= 11 is 0. The van der Waals surface area contributed by atoms with Crippen molar-refractivity contribution < 1.29 is 26.4 Å². The van der Waals surface area contributed by atoms with Crippen molar-refractivity contribution in [3.63, 3.8) is 0 Å². The number of sulfone groups is 1. The molecule has 0 aromatic carbocycles. The normalized spacial score (nSPS) is 24.3. The van der Waals surface area contributed by atoms with E-state index in [0.717, 1.165) is 0 Å². The number of hydrogen-bond donors (Lipinski definition) is 1. The fourth-order valence-electron chi connectivity index (χ4n) is 1.86. The average molecular weight is 313 g/mol. The second kappa shape index (κ2) is 5.76. The second-order valence-corrected chi connectivity index (χ2v) is 9.15. The molecule has 112 valence electrons. The van der Waals surface area contributed by atoms with E-state index in [1.807, 2.05) is 0 Å². The van der Waals surface area contributed by atoms with Gasteiger partial charge < -0.3 is 4.74 Å². The van der Waals surface area contributed by atoms with Crippen LogP contribution in [0, 0.1) is 5.92 Å². The molecule has 1 saturated heterocycles. The van der Waals surface area contributed by atoms with Gasteiger partial charge in [0, 0.05) is 0 Å². The Morgan fingerprint density at radius 2 is 1.95 bits per heavy atom. The summed E-state index contributed by atoms with van der Waals surface area (Å²) < 4.78 is 53.6. The maximum Gasteiger partial charge on any atom is 0.324 e. The van der Waals surface area contributed by atoms with Crippen molar-refractivity contribution >= 4 is 25.8 Å². The number of hydrogen-bond acceptors (Lipinski definition) is 6. The van der Waals surface area contributed by atoms with Gasteiger partial charge in [-0.25, -0.2) is 21.6 Å². The largest absolute Gasteiger partial charge is 0.468 e. The molecule has 1 fully saturated rings. The summed E-state index contributed by atoms with van der Waals surface area (Å²) in [4.78, 5) is 11.5. The molecule has 0 saturated carbocycles. The first kappa shape index (κ1) is 16.4. The van der Waals surface area contributed by atoms with Gasteiger partial charge in [-0.1, -0.05) is 13.8 Å². The molecule has 1 N–H and O–H groups in total. The zero-order valence-electron chi connectivity index (χ0n) is 11.1. The number of sulfonamides is 1. The quantitative estimate of drug-likeness (QED) is 0.672. The van der Waals surface area contributed by atoms with E-state index in [1.54, 1.807) is 13.8 Å². The maximum atomic E-state index is 12.1. The molecule has 2 unspecified atom stereocenters. The molecule has 1 aliphatic heterocycles. The molecule has 0 spiro atoms. The Morgan fingerprint density at radius 1 is 1.37 bits per heavy atom. The summed E-state index contributed by atoms with van der Waals surface area (Å²) in [5.74, 6) is -1.50. The Kier molecular flexibility index (Phi) is 4.97. The highest BCUT2D eigenvalue weighted by Gasteiger charge is 2.39. The molecule has 7 nitrogen and oxygen atoms in total. The monoisotopic (exact) mass is 313 g/mol. The highest BCUT2D eigenvalue weighted by atomic mass is 32.2. The van der Waals surface area contributed by atoms with E-state index in [-0.39, 0.29) is 18.1 Å². The van der Waals surface area contributed by atoms with Crippen LogP contribution in [-0.2, 0) is 29.4 Å². The Morgan fingerprint density at radius 3 is 2.32 bits per heavy atom. The van der Waals surface area contributed by atoms with Gasteiger partial charge in [0.1, 0.15) is 6.04 Å². The van der Waals surface area contributed by atoms with Gasteiger partial charge in [-0.3, -0.25) is 4.79 Å². The molecule has 0 amide bonds. The highest BCUT2D eigenvalue weighted by Crippen LogP contribution is 2.19. The number of ether oxygens (including phenoxy) is 1. The van der Waals surface area contributed by atoms with Crippen LogP contribution in [0.4, 0.5) is 0 Å². The molecule has 0 radical (unpaired) electrons. The van der Waals surface area contributed by atoms with Gasteiger partial charge in [-0.15, -0.1) is 0 Å². The van der Waals surface area contributed by atoms with E-state index >= 15 is 0 Å². The summed E-state index contributed by atoms with van der Waals surface area (Å²) in [5, 5.41) is -0.997. The highest BCUT2D eigenvalue weighted by molar-refractivity contribution is 7.95. The lowest BCUT2D eigenvalue weighted by Gasteiger charge is -2.21. The zero-order valence-corrected chi connectivity index (χ0v) is 12.8. The van der Waals surface area contributed by atoms with Crippen LogP contribution in [0.5, 0.6) is 0 Å². The van der Waals surface area contributed by atoms with Crippen LogP contribution in [0.2, 0.25) is 0 Å². The summed E-state index contributed by atoms with van der Waals surface area (Å²) in [6.45, 7) is 3.35. The van der Waals surface area contributed by atoms with Crippen molar-refractivity contribution in [1.82, 2.24) is 4.72 Å². The number of nitrogens with one attached hydrogen (secondary N) is 1. The van der Waals surface area contributed by atoms with Crippen molar-refractivity contribution in [2.24, 2.45) is 5.92 Å². The van der Waals surface area contributed by atoms with Crippen LogP contribution in [0.15, 0.2) is 0 Å². The zero-order chi connectivity index (χ0) is 14.8. The molecule has 1 heterocycles. The Hall–Kier alpha value is -0.670. The number of rotatable bonds is 5. The van der Waals surface area contributed by atoms with E-state index in [4.69, 9.17) is 0 Å². The summed E-state index contributed by atoms with van der Waals surface area (Å²) in [7, 11) is -5.98. The average Bonchev–Trinajstić information content (AvgIpc) is 2.66. The third-order valence-electron chi connectivity index (χ3n) is 3.04. The molecular formula is C10H19NO6S2. The van der Waals surface area contributed by atoms with Crippen molar-refractivity contribution in [1.29, 1.82) is 0 Å². The fraction of sp³-hybridized carbons (Fsp3) is 0.900. The van der Waals surface area contributed by atoms with Gasteiger partial charge in [-0.2, -0.15) is 0 Å². The minimum Gasteiger partial charge on any atom is -0.468 e. The van der Waals surface area contributed by atoms with Crippen LogP contribution in [0.25, 0.3) is 0 Å². The van der Waals surface area contributed by atoms with E-state index in [0.29, 0.717) is 0 Å². The predicted octanol–water partition coefficient (Wildman–Crippen LogP) is -0.709. The van der Waals surface area contributed by atoms with Crippen LogP contribution >= 0.6 is 0 Å². The maximum absolute atomic E-state index is 12.1. The molecule has 0 aliphatic carbocycles. The van der Waals surface area contributed by atoms with E-state index in [2.05, 4.69) is 9.46 Å². The second-order valence-electron chi connectivity index (χ2n) is 4.93. The number of methoxy groups -OCH3 is 1. The molecule has 19 heavy (non-hydrogen) atoms. The van der Waals surface area contributed by atoms with E-state index in [1.165, 1.54) is 7.11 Å². The topological polar surface area (TPSA) is 107 Å². The molecule has 1 aliphatic rings. The first-order valence-corrected chi connectivity index (χ1v) is 9.25. The predicted molar refractivity (Wildman–Crippen MR) is 69.8 cm³/mol. The van der Waals surface area contributed by atoms with Crippen LogP contribution in [0.3, 0.4) is 0 Å². The van der Waals surface area contributed by atoms with Crippen molar-refractivity contribution in [3.8, 4) is 0 Å². The summed E-state index contributed by atoms with van der Waals surface area (Å²) in [6, 6.07) is -1.00. The molecule has 0 aromatic rings. The standard InChI is InChI=1S/C10H19NO6S2/c1-7(2)9(10(12)17-3)11-19(15,16)8-4-5-18(13,14)6-8/h7-9,11H,4-6H2,1-3H3. The Labute approximate surface area is 113 Å². The fourth-order valence-corrected chi connectivity index (χ4v) is 6.24. The molecule has 1 rings (SSSR count). The smallest absolute Gasteiger partial charge is 0.324 e. The lowest BCUT2D eigenvalue weighted by Crippen LogP contribution is -2.48. The van der Waals surface area contributed by atoms with Gasteiger partial charge in [-0.05, 0) is 12.3 Å². The van der Waals surface area contributed by atoms with Gasteiger partial charge >= 0.3 is 5.97 Å². The molecule has 0 bridgehead atoms. The third kappa shape index (κ3) is 4.15. The third-order valence-corrected chi connectivity index (χ3v) is 6.88. The number of esters is 1. The number of carbonyl (C=O) groups is 1. The first-order chi connectivity index (χ1) is 8.59. The molecular weight excluding hydrogens is 294 g/mol. The Balaban J connectivity index is 2.87. The minimum absolute atomic E-state index is 0.0592. The van der Waals surface area contributed by atoms with Crippen LogP contribution < -0.4 is 4.72 Å². The molecule has 2 atom stereocenters. The van der Waals surface area contributed by atoms with Gasteiger partial charge in [0.25, 0.3) is 0 Å². The van der Waals surface area contributed by atoms with Crippen molar-refractivity contribution in [2.45, 2.75) is 31.6 Å². The minimum atomic E-state index is -3.86. The molecule has 0 aromatic heterocycles. The Bertz CT molecular complexity index is 536. The van der Waals surface area contributed by atoms with Crippen molar-refractivity contribution in [3.05, 3.63) is 0 Å². The summed E-state index contributed by atoms with van der Waals surface area (Å²) in [6.07, 6.45) is 0.0592. The van der Waals surface area contributed by atoms with Gasteiger partial charge in [0.05, 0.1) is 23.9 Å². The van der Waals surface area contributed by atoms with Crippen LogP contribution in [0.1, 0.15) is 20.3 Å². The van der Waals surface area contributed by atoms with E-state index in [9.17, 15) is 21.6 Å². The van der Waals surface area contributed by atoms with Crippen LogP contribution in [-0.4, -0.2) is 52.7 Å². The van der Waals surface area contributed by atoms with Gasteiger partial charge in [0.15, 0.2) is 9.84 Å². The lowest BCUT2D eigenvalue weighted by atomic mass is 10.1. The summed E-state index contributed by atoms with van der Waals surface area (Å²) in [5.41, 5.74) is 0. The SMILES string of the molecule is COC(=O)C(NS(=O)(=O)C1CCS(=O)(=O)C1)C(C)C. The van der Waals surface area contributed by atoms with Crippen molar-refractivity contribution in [2.75, 3.05) is 18.6 Å². The number of carbonyl (C=O) groups excluding carboxylic acids is 1. The lowest BCUT2D eigenvalue weighted by molar-refractivity contribution is -0.143. The van der Waals surface area contributed by atoms with Gasteiger partial charge in [0.2, 0.25) is 10.0 Å².